The SMILES string of the molecule is Nc1nccnc1C1CN(C(=O)CCCc2ccncc2)CCO1. The van der Waals surface area contributed by atoms with E-state index in [0.29, 0.717) is 37.6 Å². The number of rotatable bonds is 5. The molecule has 1 aliphatic rings. The third kappa shape index (κ3) is 4.05. The van der Waals surface area contributed by atoms with Crippen molar-refractivity contribution in [1.82, 2.24) is 19.9 Å². The number of nitrogens with two attached hydrogens (primary N) is 1. The lowest BCUT2D eigenvalue weighted by Gasteiger charge is -2.33. The van der Waals surface area contributed by atoms with Crippen LogP contribution in [-0.4, -0.2) is 45.5 Å². The molecule has 1 aliphatic heterocycles. The maximum atomic E-state index is 12.4. The molecule has 1 fully saturated rings. The van der Waals surface area contributed by atoms with Gasteiger partial charge >= 0.3 is 0 Å². The number of amides is 1. The van der Waals surface area contributed by atoms with Crippen molar-refractivity contribution in [2.24, 2.45) is 0 Å². The van der Waals surface area contributed by atoms with Crippen LogP contribution in [0.3, 0.4) is 0 Å². The summed E-state index contributed by atoms with van der Waals surface area (Å²) in [5, 5.41) is 0. The molecule has 0 bridgehead atoms. The van der Waals surface area contributed by atoms with Crippen LogP contribution in [0.5, 0.6) is 0 Å². The van der Waals surface area contributed by atoms with Gasteiger partial charge in [0, 0.05) is 37.8 Å². The fourth-order valence-electron chi connectivity index (χ4n) is 2.80. The Hall–Kier alpha value is -2.54. The molecule has 7 heteroatoms. The number of ether oxygens (including phenoxy) is 1. The van der Waals surface area contributed by atoms with E-state index >= 15 is 0 Å². The number of hydrogen-bond donors (Lipinski definition) is 1. The normalized spacial score (nSPS) is 17.7. The number of morpholine rings is 1. The maximum Gasteiger partial charge on any atom is 0.222 e. The van der Waals surface area contributed by atoms with Crippen LogP contribution in [0.4, 0.5) is 5.82 Å². The minimum absolute atomic E-state index is 0.139. The van der Waals surface area contributed by atoms with E-state index in [1.54, 1.807) is 24.8 Å². The molecule has 3 heterocycles. The Kier molecular flexibility index (Phi) is 5.32. The Morgan fingerprint density at radius 1 is 1.25 bits per heavy atom. The molecule has 2 N–H and O–H groups in total. The van der Waals surface area contributed by atoms with Gasteiger partial charge in [0.2, 0.25) is 5.91 Å². The molecule has 0 spiro atoms. The van der Waals surface area contributed by atoms with Crippen LogP contribution < -0.4 is 5.73 Å². The molecule has 24 heavy (non-hydrogen) atoms. The van der Waals surface area contributed by atoms with Gasteiger partial charge in [-0.2, -0.15) is 0 Å². The van der Waals surface area contributed by atoms with E-state index in [0.717, 1.165) is 12.8 Å². The summed E-state index contributed by atoms with van der Waals surface area (Å²) in [4.78, 5) is 26.5. The molecule has 7 nitrogen and oxygen atoms in total. The summed E-state index contributed by atoms with van der Waals surface area (Å²) in [5.74, 6) is 0.495. The molecule has 3 rings (SSSR count). The van der Waals surface area contributed by atoms with Crippen molar-refractivity contribution in [3.63, 3.8) is 0 Å². The van der Waals surface area contributed by atoms with Gasteiger partial charge in [0.25, 0.3) is 0 Å². The summed E-state index contributed by atoms with van der Waals surface area (Å²) in [6.07, 6.45) is 8.58. The third-order valence-corrected chi connectivity index (χ3v) is 4.09. The zero-order chi connectivity index (χ0) is 16.8. The Morgan fingerprint density at radius 3 is 2.83 bits per heavy atom. The number of carbonyl (C=O) groups is 1. The van der Waals surface area contributed by atoms with Gasteiger partial charge in [-0.05, 0) is 30.5 Å². The van der Waals surface area contributed by atoms with Crippen molar-refractivity contribution in [2.75, 3.05) is 25.4 Å². The molecular formula is C17H21N5O2. The molecule has 1 saturated heterocycles. The van der Waals surface area contributed by atoms with Gasteiger partial charge in [-0.25, -0.2) is 4.98 Å². The Labute approximate surface area is 140 Å². The minimum Gasteiger partial charge on any atom is -0.382 e. The molecule has 1 amide bonds. The monoisotopic (exact) mass is 327 g/mol. The lowest BCUT2D eigenvalue weighted by atomic mass is 10.1. The van der Waals surface area contributed by atoms with Crippen LogP contribution in [0.15, 0.2) is 36.9 Å². The highest BCUT2D eigenvalue weighted by Crippen LogP contribution is 2.24. The molecule has 1 atom stereocenters. The van der Waals surface area contributed by atoms with Crippen LogP contribution >= 0.6 is 0 Å². The van der Waals surface area contributed by atoms with E-state index in [1.165, 1.54) is 5.56 Å². The van der Waals surface area contributed by atoms with E-state index in [-0.39, 0.29) is 12.0 Å². The number of nitrogens with zero attached hydrogens (tertiary/aromatic N) is 4. The van der Waals surface area contributed by atoms with Crippen molar-refractivity contribution in [2.45, 2.75) is 25.4 Å². The molecule has 2 aromatic heterocycles. The second kappa shape index (κ2) is 7.83. The number of aromatic nitrogens is 3. The number of carbonyl (C=O) groups excluding carboxylic acids is 1. The molecule has 0 aromatic carbocycles. The second-order valence-electron chi connectivity index (χ2n) is 5.74. The topological polar surface area (TPSA) is 94.2 Å². The van der Waals surface area contributed by atoms with Crippen molar-refractivity contribution < 1.29 is 9.53 Å². The largest absolute Gasteiger partial charge is 0.382 e. The van der Waals surface area contributed by atoms with E-state index in [2.05, 4.69) is 15.0 Å². The highest BCUT2D eigenvalue weighted by Gasteiger charge is 2.27. The first-order valence-corrected chi connectivity index (χ1v) is 8.08. The van der Waals surface area contributed by atoms with Crippen LogP contribution in [0, 0.1) is 0 Å². The van der Waals surface area contributed by atoms with E-state index in [9.17, 15) is 4.79 Å². The zero-order valence-electron chi connectivity index (χ0n) is 13.5. The number of anilines is 1. The van der Waals surface area contributed by atoms with Crippen LogP contribution in [0.2, 0.25) is 0 Å². The van der Waals surface area contributed by atoms with Gasteiger partial charge in [0.1, 0.15) is 17.6 Å². The number of hydrogen-bond acceptors (Lipinski definition) is 6. The summed E-state index contributed by atoms with van der Waals surface area (Å²) in [5.41, 5.74) is 7.66. The molecule has 0 aliphatic carbocycles. The van der Waals surface area contributed by atoms with Gasteiger partial charge in [0.15, 0.2) is 0 Å². The van der Waals surface area contributed by atoms with Gasteiger partial charge in [-0.15, -0.1) is 0 Å². The molecular weight excluding hydrogens is 306 g/mol. The lowest BCUT2D eigenvalue weighted by Crippen LogP contribution is -2.42. The molecule has 0 radical (unpaired) electrons. The van der Waals surface area contributed by atoms with Gasteiger partial charge < -0.3 is 15.4 Å². The number of pyridine rings is 1. The highest BCUT2D eigenvalue weighted by atomic mass is 16.5. The lowest BCUT2D eigenvalue weighted by molar-refractivity contribution is -0.139. The second-order valence-corrected chi connectivity index (χ2v) is 5.74. The van der Waals surface area contributed by atoms with E-state index < -0.39 is 0 Å². The average Bonchev–Trinajstić information content (AvgIpc) is 2.63. The van der Waals surface area contributed by atoms with Crippen LogP contribution in [0.1, 0.15) is 30.2 Å². The number of aryl methyl sites for hydroxylation is 1. The summed E-state index contributed by atoms with van der Waals surface area (Å²) in [7, 11) is 0. The predicted octanol–water partition coefficient (Wildman–Crippen LogP) is 1.38. The van der Waals surface area contributed by atoms with Gasteiger partial charge in [-0.3, -0.25) is 14.8 Å². The van der Waals surface area contributed by atoms with Crippen molar-refractivity contribution in [3.05, 3.63) is 48.2 Å². The quantitative estimate of drug-likeness (QED) is 0.891. The maximum absolute atomic E-state index is 12.4. The fraction of sp³-hybridized carbons (Fsp3) is 0.412. The average molecular weight is 327 g/mol. The Bertz CT molecular complexity index is 680. The van der Waals surface area contributed by atoms with Crippen molar-refractivity contribution in [1.29, 1.82) is 0 Å². The van der Waals surface area contributed by atoms with Gasteiger partial charge in [0.05, 0.1) is 13.2 Å². The molecule has 2 aromatic rings. The highest BCUT2D eigenvalue weighted by molar-refractivity contribution is 5.76. The molecule has 0 saturated carbocycles. The fourth-order valence-corrected chi connectivity index (χ4v) is 2.80. The third-order valence-electron chi connectivity index (χ3n) is 4.09. The predicted molar refractivity (Wildman–Crippen MR) is 88.9 cm³/mol. The molecule has 1 unspecified atom stereocenters. The first-order chi connectivity index (χ1) is 11.7. The Balaban J connectivity index is 1.52. The van der Waals surface area contributed by atoms with Gasteiger partial charge in [-0.1, -0.05) is 0 Å². The smallest absolute Gasteiger partial charge is 0.222 e. The zero-order valence-corrected chi connectivity index (χ0v) is 13.5. The summed E-state index contributed by atoms with van der Waals surface area (Å²) in [6, 6.07) is 3.96. The first kappa shape index (κ1) is 16.3. The van der Waals surface area contributed by atoms with Crippen LogP contribution in [0.25, 0.3) is 0 Å². The minimum atomic E-state index is -0.309. The first-order valence-electron chi connectivity index (χ1n) is 8.08. The summed E-state index contributed by atoms with van der Waals surface area (Å²) < 4.78 is 5.72. The number of nitrogen functional groups attached to an aromatic ring is 1. The standard InChI is InChI=1S/C17H21N5O2/c18-17-16(20-8-9-21-17)14-12-22(10-11-24-14)15(23)3-1-2-13-4-6-19-7-5-13/h4-9,14H,1-3,10-12H2,(H2,18,21). The van der Waals surface area contributed by atoms with E-state index in [4.69, 9.17) is 10.5 Å². The molecule has 126 valence electrons. The van der Waals surface area contributed by atoms with Crippen LogP contribution in [-0.2, 0) is 16.0 Å². The van der Waals surface area contributed by atoms with Crippen molar-refractivity contribution >= 4 is 11.7 Å². The Morgan fingerprint density at radius 2 is 2.04 bits per heavy atom. The van der Waals surface area contributed by atoms with E-state index in [1.807, 2.05) is 17.0 Å². The summed E-state index contributed by atoms with van der Waals surface area (Å²) in [6.45, 7) is 1.55. The summed E-state index contributed by atoms with van der Waals surface area (Å²) >= 11 is 0. The van der Waals surface area contributed by atoms with Crippen molar-refractivity contribution in [3.8, 4) is 0 Å².